The number of methoxy groups -OCH3 is 1. The van der Waals surface area contributed by atoms with Crippen molar-refractivity contribution in [3.05, 3.63) is 23.7 Å². The van der Waals surface area contributed by atoms with Crippen molar-refractivity contribution in [3.8, 4) is 0 Å². The molecule has 2 atom stereocenters. The van der Waals surface area contributed by atoms with Gasteiger partial charge in [-0.3, -0.25) is 0 Å². The molecule has 1 rings (SSSR count). The van der Waals surface area contributed by atoms with Crippen molar-refractivity contribution in [2.24, 2.45) is 5.92 Å². The van der Waals surface area contributed by atoms with Gasteiger partial charge in [-0.05, 0) is 18.9 Å². The van der Waals surface area contributed by atoms with Crippen LogP contribution in [-0.4, -0.2) is 19.1 Å². The fourth-order valence-electron chi connectivity index (χ4n) is 1.57. The third-order valence-electron chi connectivity index (χ3n) is 3.23. The van der Waals surface area contributed by atoms with Crippen LogP contribution in [-0.2, 0) is 11.3 Å². The van der Waals surface area contributed by atoms with Crippen LogP contribution in [0.25, 0.3) is 0 Å². The van der Waals surface area contributed by atoms with E-state index in [0.717, 1.165) is 12.0 Å². The Morgan fingerprint density at radius 2 is 2.24 bits per heavy atom. The molecule has 0 aliphatic rings. The van der Waals surface area contributed by atoms with Crippen LogP contribution in [0.5, 0.6) is 0 Å². The van der Waals surface area contributed by atoms with E-state index in [0.29, 0.717) is 18.5 Å². The molecule has 0 amide bonds. The molecule has 1 aromatic rings. The second-order valence-electron chi connectivity index (χ2n) is 4.32. The maximum Gasteiger partial charge on any atom is 0.374 e. The van der Waals surface area contributed by atoms with E-state index in [9.17, 15) is 4.79 Å². The fourth-order valence-corrected chi connectivity index (χ4v) is 1.57. The van der Waals surface area contributed by atoms with Gasteiger partial charge in [0.25, 0.3) is 0 Å². The van der Waals surface area contributed by atoms with Crippen molar-refractivity contribution in [1.29, 1.82) is 0 Å². The van der Waals surface area contributed by atoms with Gasteiger partial charge in [-0.15, -0.1) is 0 Å². The Kier molecular flexibility index (Phi) is 5.22. The summed E-state index contributed by atoms with van der Waals surface area (Å²) in [7, 11) is 1.35. The minimum absolute atomic E-state index is 0.288. The first-order valence-electron chi connectivity index (χ1n) is 5.98. The van der Waals surface area contributed by atoms with E-state index in [2.05, 4.69) is 30.8 Å². The number of carbonyl (C=O) groups is 1. The highest BCUT2D eigenvalue weighted by molar-refractivity contribution is 5.87. The summed E-state index contributed by atoms with van der Waals surface area (Å²) in [5, 5.41) is 3.39. The summed E-state index contributed by atoms with van der Waals surface area (Å²) in [5.74, 6) is 0.461. The quantitative estimate of drug-likeness (QED) is 0.775. The predicted octanol–water partition coefficient (Wildman–Crippen LogP) is 2.59. The minimum atomic E-state index is -0.428. The number of furan rings is 1. The molecule has 0 spiro atoms. The van der Waals surface area contributed by atoms with Gasteiger partial charge in [-0.25, -0.2) is 4.79 Å². The molecule has 0 saturated heterocycles. The molecule has 0 saturated carbocycles. The van der Waals surface area contributed by atoms with E-state index in [-0.39, 0.29) is 5.76 Å². The number of rotatable bonds is 6. The Labute approximate surface area is 102 Å². The van der Waals surface area contributed by atoms with Crippen LogP contribution in [0.1, 0.15) is 43.3 Å². The first-order chi connectivity index (χ1) is 8.10. The van der Waals surface area contributed by atoms with Gasteiger partial charge in [0, 0.05) is 18.2 Å². The second-order valence-corrected chi connectivity index (χ2v) is 4.32. The topological polar surface area (TPSA) is 51.5 Å². The number of esters is 1. The molecule has 4 nitrogen and oxygen atoms in total. The van der Waals surface area contributed by atoms with E-state index < -0.39 is 5.97 Å². The summed E-state index contributed by atoms with van der Waals surface area (Å²) in [5.41, 5.74) is 0.840. The van der Waals surface area contributed by atoms with Gasteiger partial charge in [0.2, 0.25) is 5.76 Å². The Morgan fingerprint density at radius 3 is 2.82 bits per heavy atom. The van der Waals surface area contributed by atoms with Crippen LogP contribution >= 0.6 is 0 Å². The van der Waals surface area contributed by atoms with E-state index in [4.69, 9.17) is 4.42 Å². The minimum Gasteiger partial charge on any atom is -0.463 e. The largest absolute Gasteiger partial charge is 0.463 e. The Morgan fingerprint density at radius 1 is 1.53 bits per heavy atom. The lowest BCUT2D eigenvalue weighted by Crippen LogP contribution is -2.31. The highest BCUT2D eigenvalue weighted by Crippen LogP contribution is 2.13. The molecule has 0 fully saturated rings. The van der Waals surface area contributed by atoms with Gasteiger partial charge in [0.15, 0.2) is 0 Å². The predicted molar refractivity (Wildman–Crippen MR) is 65.8 cm³/mol. The van der Waals surface area contributed by atoms with Gasteiger partial charge in [0.05, 0.1) is 13.4 Å². The summed E-state index contributed by atoms with van der Waals surface area (Å²) < 4.78 is 9.77. The average molecular weight is 239 g/mol. The van der Waals surface area contributed by atoms with Crippen molar-refractivity contribution in [2.75, 3.05) is 7.11 Å². The Balaban J connectivity index is 2.58. The smallest absolute Gasteiger partial charge is 0.374 e. The van der Waals surface area contributed by atoms with Gasteiger partial charge >= 0.3 is 5.97 Å². The van der Waals surface area contributed by atoms with Crippen LogP contribution in [0, 0.1) is 5.92 Å². The maximum absolute atomic E-state index is 11.4. The van der Waals surface area contributed by atoms with Crippen molar-refractivity contribution < 1.29 is 13.9 Å². The molecular formula is C13H21NO3. The van der Waals surface area contributed by atoms with E-state index in [1.54, 1.807) is 6.07 Å². The molecule has 0 aliphatic carbocycles. The molecule has 17 heavy (non-hydrogen) atoms. The molecule has 0 aromatic carbocycles. The molecule has 1 aromatic heterocycles. The third kappa shape index (κ3) is 3.60. The summed E-state index contributed by atoms with van der Waals surface area (Å²) in [6, 6.07) is 2.20. The first-order valence-corrected chi connectivity index (χ1v) is 5.98. The normalized spacial score (nSPS) is 14.4. The highest BCUT2D eigenvalue weighted by atomic mass is 16.5. The summed E-state index contributed by atoms with van der Waals surface area (Å²) >= 11 is 0. The van der Waals surface area contributed by atoms with Crippen molar-refractivity contribution >= 4 is 5.97 Å². The van der Waals surface area contributed by atoms with Crippen molar-refractivity contribution in [3.63, 3.8) is 0 Å². The van der Waals surface area contributed by atoms with E-state index in [1.165, 1.54) is 13.4 Å². The van der Waals surface area contributed by atoms with Gasteiger partial charge in [0.1, 0.15) is 0 Å². The summed E-state index contributed by atoms with van der Waals surface area (Å²) in [6.07, 6.45) is 2.64. The summed E-state index contributed by atoms with van der Waals surface area (Å²) in [6.45, 7) is 7.13. The number of nitrogens with one attached hydrogen (secondary N) is 1. The van der Waals surface area contributed by atoms with Crippen LogP contribution in [0.4, 0.5) is 0 Å². The Bertz CT molecular complexity index is 359. The highest BCUT2D eigenvalue weighted by Gasteiger charge is 2.17. The SMILES string of the molecule is CCC(C)C(C)NCc1ccoc1C(=O)OC. The van der Waals surface area contributed by atoms with Gasteiger partial charge in [-0.1, -0.05) is 20.3 Å². The average Bonchev–Trinajstić information content (AvgIpc) is 2.82. The molecule has 0 bridgehead atoms. The molecule has 4 heteroatoms. The molecule has 96 valence electrons. The zero-order valence-corrected chi connectivity index (χ0v) is 10.9. The molecule has 1 heterocycles. The first kappa shape index (κ1) is 13.8. The van der Waals surface area contributed by atoms with Gasteiger partial charge in [-0.2, -0.15) is 0 Å². The van der Waals surface area contributed by atoms with Crippen molar-refractivity contribution in [1.82, 2.24) is 5.32 Å². The Hall–Kier alpha value is -1.29. The third-order valence-corrected chi connectivity index (χ3v) is 3.23. The number of hydrogen-bond donors (Lipinski definition) is 1. The fraction of sp³-hybridized carbons (Fsp3) is 0.615. The van der Waals surface area contributed by atoms with Crippen LogP contribution in [0.3, 0.4) is 0 Å². The summed E-state index contributed by atoms with van der Waals surface area (Å²) in [4.78, 5) is 11.4. The van der Waals surface area contributed by atoms with E-state index >= 15 is 0 Å². The zero-order valence-electron chi connectivity index (χ0n) is 10.9. The van der Waals surface area contributed by atoms with Crippen LogP contribution in [0.2, 0.25) is 0 Å². The molecule has 0 radical (unpaired) electrons. The monoisotopic (exact) mass is 239 g/mol. The number of ether oxygens (including phenoxy) is 1. The standard InChI is InChI=1S/C13H21NO3/c1-5-9(2)10(3)14-8-11-6-7-17-12(11)13(15)16-4/h6-7,9-10,14H,5,8H2,1-4H3. The molecule has 0 aliphatic heterocycles. The molecule has 2 unspecified atom stereocenters. The maximum atomic E-state index is 11.4. The molecular weight excluding hydrogens is 218 g/mol. The molecule has 1 N–H and O–H groups in total. The zero-order chi connectivity index (χ0) is 12.8. The lowest BCUT2D eigenvalue weighted by molar-refractivity contribution is 0.0563. The lowest BCUT2D eigenvalue weighted by atomic mass is 10.0. The number of hydrogen-bond acceptors (Lipinski definition) is 4. The van der Waals surface area contributed by atoms with E-state index in [1.807, 2.05) is 0 Å². The van der Waals surface area contributed by atoms with Crippen LogP contribution < -0.4 is 5.32 Å². The van der Waals surface area contributed by atoms with Crippen molar-refractivity contribution in [2.45, 2.75) is 39.8 Å². The van der Waals surface area contributed by atoms with Crippen LogP contribution in [0.15, 0.2) is 16.7 Å². The second kappa shape index (κ2) is 6.45. The number of carbonyl (C=O) groups excluding carboxylic acids is 1. The van der Waals surface area contributed by atoms with Gasteiger partial charge < -0.3 is 14.5 Å². The lowest BCUT2D eigenvalue weighted by Gasteiger charge is -2.19.